The fraction of sp³-hybridized carbons (Fsp3) is 0.174. The lowest BCUT2D eigenvalue weighted by Crippen LogP contribution is -2.18. The van der Waals surface area contributed by atoms with Gasteiger partial charge in [-0.25, -0.2) is 4.79 Å². The van der Waals surface area contributed by atoms with E-state index >= 15 is 0 Å². The van der Waals surface area contributed by atoms with Crippen LogP contribution in [0.2, 0.25) is 5.02 Å². The van der Waals surface area contributed by atoms with Crippen molar-refractivity contribution in [3.8, 4) is 5.75 Å². The third kappa shape index (κ3) is 6.67. The second-order valence-electron chi connectivity index (χ2n) is 6.59. The van der Waals surface area contributed by atoms with Gasteiger partial charge in [-0.15, -0.1) is 11.3 Å². The predicted octanol–water partition coefficient (Wildman–Crippen LogP) is 4.66. The summed E-state index contributed by atoms with van der Waals surface area (Å²) in [5, 5.41) is 3.30. The molecule has 0 fully saturated rings. The molecule has 3 aromatic rings. The van der Waals surface area contributed by atoms with Crippen LogP contribution in [0.25, 0.3) is 0 Å². The SMILES string of the molecule is CC(=O)NCc1ccc(C(=O)COC(=O)c2ccccc2OCc2ccc(Cl)cc2)s1. The van der Waals surface area contributed by atoms with E-state index in [1.165, 1.54) is 18.3 Å². The maximum absolute atomic E-state index is 12.5. The highest BCUT2D eigenvalue weighted by Crippen LogP contribution is 2.22. The summed E-state index contributed by atoms with van der Waals surface area (Å²) in [6.07, 6.45) is 0. The van der Waals surface area contributed by atoms with Gasteiger partial charge in [-0.05, 0) is 42.0 Å². The van der Waals surface area contributed by atoms with Gasteiger partial charge >= 0.3 is 5.97 Å². The molecule has 0 radical (unpaired) electrons. The molecule has 0 aliphatic carbocycles. The van der Waals surface area contributed by atoms with Gasteiger partial charge in [0.15, 0.2) is 6.61 Å². The average molecular weight is 458 g/mol. The van der Waals surface area contributed by atoms with E-state index in [2.05, 4.69) is 5.32 Å². The first kappa shape index (κ1) is 22.5. The highest BCUT2D eigenvalue weighted by molar-refractivity contribution is 7.14. The van der Waals surface area contributed by atoms with E-state index in [0.29, 0.717) is 22.2 Å². The summed E-state index contributed by atoms with van der Waals surface area (Å²) in [6.45, 7) is 1.65. The Kier molecular flexibility index (Phi) is 7.81. The molecule has 31 heavy (non-hydrogen) atoms. The third-order valence-corrected chi connectivity index (χ3v) is 5.58. The molecule has 1 aromatic heterocycles. The van der Waals surface area contributed by atoms with Crippen molar-refractivity contribution in [2.24, 2.45) is 0 Å². The largest absolute Gasteiger partial charge is 0.488 e. The van der Waals surface area contributed by atoms with Gasteiger partial charge in [-0.1, -0.05) is 35.9 Å². The maximum Gasteiger partial charge on any atom is 0.342 e. The monoisotopic (exact) mass is 457 g/mol. The molecule has 1 amide bonds. The second kappa shape index (κ2) is 10.7. The molecule has 0 unspecified atom stereocenters. The lowest BCUT2D eigenvalue weighted by molar-refractivity contribution is -0.119. The van der Waals surface area contributed by atoms with Crippen molar-refractivity contribution in [1.82, 2.24) is 5.32 Å². The van der Waals surface area contributed by atoms with Gasteiger partial charge in [0, 0.05) is 16.8 Å². The standard InChI is InChI=1S/C23H20ClNO5S/c1-15(26)25-12-18-10-11-22(31-18)20(27)14-30-23(28)19-4-2-3-5-21(19)29-13-16-6-8-17(24)9-7-16/h2-11H,12-14H2,1H3,(H,25,26). The summed E-state index contributed by atoms with van der Waals surface area (Å²) in [4.78, 5) is 37.2. The number of hydrogen-bond acceptors (Lipinski definition) is 6. The number of nitrogens with one attached hydrogen (secondary N) is 1. The van der Waals surface area contributed by atoms with Crippen molar-refractivity contribution in [2.75, 3.05) is 6.61 Å². The fourth-order valence-electron chi connectivity index (χ4n) is 2.62. The lowest BCUT2D eigenvalue weighted by Gasteiger charge is -2.11. The number of amides is 1. The molecule has 0 spiro atoms. The number of ether oxygens (including phenoxy) is 2. The summed E-state index contributed by atoms with van der Waals surface area (Å²) in [5.41, 5.74) is 1.14. The van der Waals surface area contributed by atoms with Crippen molar-refractivity contribution in [2.45, 2.75) is 20.1 Å². The molecule has 0 saturated heterocycles. The van der Waals surface area contributed by atoms with Crippen LogP contribution in [-0.4, -0.2) is 24.3 Å². The van der Waals surface area contributed by atoms with E-state index < -0.39 is 5.97 Å². The molecule has 3 rings (SSSR count). The minimum Gasteiger partial charge on any atom is -0.488 e. The van der Waals surface area contributed by atoms with Crippen LogP contribution in [0.4, 0.5) is 0 Å². The smallest absolute Gasteiger partial charge is 0.342 e. The van der Waals surface area contributed by atoms with E-state index in [1.54, 1.807) is 48.5 Å². The predicted molar refractivity (Wildman–Crippen MR) is 119 cm³/mol. The number of rotatable bonds is 9. The molecule has 0 saturated carbocycles. The molecule has 2 aromatic carbocycles. The van der Waals surface area contributed by atoms with Crippen LogP contribution in [0.15, 0.2) is 60.7 Å². The first-order valence-corrected chi connectivity index (χ1v) is 10.6. The highest BCUT2D eigenvalue weighted by Gasteiger charge is 2.17. The third-order valence-electron chi connectivity index (χ3n) is 4.20. The average Bonchev–Trinajstić information content (AvgIpc) is 3.25. The lowest BCUT2D eigenvalue weighted by atomic mass is 10.2. The summed E-state index contributed by atoms with van der Waals surface area (Å²) in [5.74, 6) is -0.738. The minimum atomic E-state index is -0.643. The molecular formula is C23H20ClNO5S. The number of hydrogen-bond donors (Lipinski definition) is 1. The van der Waals surface area contributed by atoms with Crippen molar-refractivity contribution in [3.05, 3.63) is 86.6 Å². The topological polar surface area (TPSA) is 81.7 Å². The molecule has 1 heterocycles. The number of Topliss-reactive ketones (excluding diaryl/α,β-unsaturated/α-hetero) is 1. The van der Waals surface area contributed by atoms with Gasteiger partial charge in [0.1, 0.15) is 17.9 Å². The number of carbonyl (C=O) groups is 3. The van der Waals surface area contributed by atoms with E-state index in [9.17, 15) is 14.4 Å². The van der Waals surface area contributed by atoms with Crippen LogP contribution in [-0.2, 0) is 22.7 Å². The fourth-order valence-corrected chi connectivity index (χ4v) is 3.61. The molecule has 0 aliphatic heterocycles. The van der Waals surface area contributed by atoms with Gasteiger partial charge in [0.25, 0.3) is 0 Å². The van der Waals surface area contributed by atoms with Crippen LogP contribution in [0.1, 0.15) is 37.4 Å². The Morgan fingerprint density at radius 3 is 2.48 bits per heavy atom. The molecule has 6 nitrogen and oxygen atoms in total. The van der Waals surface area contributed by atoms with Crippen molar-refractivity contribution >= 4 is 40.6 Å². The van der Waals surface area contributed by atoms with Crippen LogP contribution < -0.4 is 10.1 Å². The molecule has 1 N–H and O–H groups in total. The van der Waals surface area contributed by atoms with Crippen molar-refractivity contribution < 1.29 is 23.9 Å². The van der Waals surface area contributed by atoms with Gasteiger partial charge < -0.3 is 14.8 Å². The first-order valence-electron chi connectivity index (χ1n) is 9.42. The molecule has 160 valence electrons. The van der Waals surface area contributed by atoms with Gasteiger partial charge in [-0.3, -0.25) is 9.59 Å². The number of ketones is 1. The molecule has 8 heteroatoms. The Bertz CT molecular complexity index is 1080. The second-order valence-corrected chi connectivity index (χ2v) is 8.19. The minimum absolute atomic E-state index is 0.146. The van der Waals surface area contributed by atoms with Crippen LogP contribution in [0, 0.1) is 0 Å². The quantitative estimate of drug-likeness (QED) is 0.373. The van der Waals surface area contributed by atoms with E-state index in [4.69, 9.17) is 21.1 Å². The number of para-hydroxylation sites is 1. The molecule has 0 bridgehead atoms. The van der Waals surface area contributed by atoms with Crippen molar-refractivity contribution in [1.29, 1.82) is 0 Å². The first-order chi connectivity index (χ1) is 14.9. The number of esters is 1. The summed E-state index contributed by atoms with van der Waals surface area (Å²) in [7, 11) is 0. The zero-order valence-electron chi connectivity index (χ0n) is 16.7. The van der Waals surface area contributed by atoms with Gasteiger partial charge in [-0.2, -0.15) is 0 Å². The van der Waals surface area contributed by atoms with Gasteiger partial charge in [0.2, 0.25) is 11.7 Å². The number of benzene rings is 2. The van der Waals surface area contributed by atoms with Crippen LogP contribution in [0.3, 0.4) is 0 Å². The molecule has 0 aliphatic rings. The Morgan fingerprint density at radius 2 is 1.74 bits per heavy atom. The number of carbonyl (C=O) groups excluding carboxylic acids is 3. The zero-order chi connectivity index (χ0) is 22.2. The van der Waals surface area contributed by atoms with Gasteiger partial charge in [0.05, 0.1) is 11.4 Å². The number of halogens is 1. The summed E-state index contributed by atoms with van der Waals surface area (Å²) < 4.78 is 11.0. The molecule has 0 atom stereocenters. The van der Waals surface area contributed by atoms with Crippen LogP contribution >= 0.6 is 22.9 Å². The molecular weight excluding hydrogens is 438 g/mol. The van der Waals surface area contributed by atoms with Crippen LogP contribution in [0.5, 0.6) is 5.75 Å². The Morgan fingerprint density at radius 1 is 1.00 bits per heavy atom. The Labute approximate surface area is 188 Å². The van der Waals surface area contributed by atoms with Crippen molar-refractivity contribution in [3.63, 3.8) is 0 Å². The van der Waals surface area contributed by atoms with E-state index in [-0.39, 0.29) is 30.5 Å². The Balaban J connectivity index is 1.57. The maximum atomic E-state index is 12.5. The summed E-state index contributed by atoms with van der Waals surface area (Å²) >= 11 is 7.13. The van der Waals surface area contributed by atoms with E-state index in [0.717, 1.165) is 10.4 Å². The zero-order valence-corrected chi connectivity index (χ0v) is 18.3. The normalized spacial score (nSPS) is 10.4. The van der Waals surface area contributed by atoms with E-state index in [1.807, 2.05) is 12.1 Å². The number of thiophene rings is 1. The Hall–Kier alpha value is -3.16. The summed E-state index contributed by atoms with van der Waals surface area (Å²) in [6, 6.07) is 17.3. The highest BCUT2D eigenvalue weighted by atomic mass is 35.5.